The summed E-state index contributed by atoms with van der Waals surface area (Å²) >= 11 is 0. The van der Waals surface area contributed by atoms with Crippen LogP contribution in [0, 0.1) is 11.8 Å². The lowest BCUT2D eigenvalue weighted by atomic mass is 9.85. The summed E-state index contributed by atoms with van der Waals surface area (Å²) in [7, 11) is 1.38. The molecule has 138 valence electrons. The van der Waals surface area contributed by atoms with Crippen molar-refractivity contribution in [1.82, 2.24) is 0 Å². The van der Waals surface area contributed by atoms with Gasteiger partial charge >= 0.3 is 5.97 Å². The van der Waals surface area contributed by atoms with Crippen LogP contribution in [0.25, 0.3) is 0 Å². The summed E-state index contributed by atoms with van der Waals surface area (Å²) in [5.74, 6) is -1.82. The molecule has 0 saturated carbocycles. The fraction of sp³-hybridized carbons (Fsp3) is 0.316. The van der Waals surface area contributed by atoms with Crippen LogP contribution in [-0.4, -0.2) is 40.1 Å². The number of hydrogen-bond donors (Lipinski definition) is 4. The molecule has 2 aromatic rings. The van der Waals surface area contributed by atoms with Gasteiger partial charge in [0.05, 0.1) is 19.6 Å². The fourth-order valence-corrected chi connectivity index (χ4v) is 3.23. The molecule has 0 bridgehead atoms. The first-order valence-electron chi connectivity index (χ1n) is 8.15. The Morgan fingerprint density at radius 2 is 1.73 bits per heavy atom. The highest BCUT2D eigenvalue weighted by molar-refractivity contribution is 5.75. The minimum Gasteiger partial charge on any atom is -0.504 e. The fourth-order valence-electron chi connectivity index (χ4n) is 3.23. The predicted octanol–water partition coefficient (Wildman–Crippen LogP) is 2.09. The van der Waals surface area contributed by atoms with Gasteiger partial charge in [-0.3, -0.25) is 4.79 Å². The van der Waals surface area contributed by atoms with Gasteiger partial charge < -0.3 is 29.9 Å². The Kier molecular flexibility index (Phi) is 4.79. The van der Waals surface area contributed by atoms with Crippen molar-refractivity contribution in [2.24, 2.45) is 11.8 Å². The molecule has 0 radical (unpaired) electrons. The maximum atomic E-state index is 12.2. The topological polar surface area (TPSA) is 116 Å². The molecule has 1 aliphatic rings. The molecule has 3 rings (SSSR count). The van der Waals surface area contributed by atoms with Gasteiger partial charge in [-0.15, -0.1) is 0 Å². The van der Waals surface area contributed by atoms with Crippen LogP contribution in [0.3, 0.4) is 0 Å². The van der Waals surface area contributed by atoms with Crippen LogP contribution < -0.4 is 4.74 Å². The SMILES string of the molecule is COc1cc(CC2C(=O)OCC2Cc2ccc(O)c(O)c2)cc(O)c1O. The second-order valence-electron chi connectivity index (χ2n) is 6.39. The highest BCUT2D eigenvalue weighted by Crippen LogP contribution is 2.38. The van der Waals surface area contributed by atoms with E-state index in [0.29, 0.717) is 18.4 Å². The lowest BCUT2D eigenvalue weighted by molar-refractivity contribution is -0.141. The number of esters is 1. The summed E-state index contributed by atoms with van der Waals surface area (Å²) in [5, 5.41) is 38.6. The molecular weight excluding hydrogens is 340 g/mol. The Bertz CT molecular complexity index is 831. The maximum absolute atomic E-state index is 12.2. The zero-order valence-electron chi connectivity index (χ0n) is 14.2. The molecule has 0 aliphatic carbocycles. The molecule has 1 heterocycles. The van der Waals surface area contributed by atoms with Crippen molar-refractivity contribution in [3.05, 3.63) is 41.5 Å². The van der Waals surface area contributed by atoms with Crippen LogP contribution >= 0.6 is 0 Å². The third-order valence-electron chi connectivity index (χ3n) is 4.64. The van der Waals surface area contributed by atoms with E-state index < -0.39 is 5.92 Å². The molecule has 2 atom stereocenters. The van der Waals surface area contributed by atoms with E-state index >= 15 is 0 Å². The number of ether oxygens (including phenoxy) is 2. The van der Waals surface area contributed by atoms with Crippen LogP contribution in [0.4, 0.5) is 0 Å². The molecule has 0 aromatic heterocycles. The average molecular weight is 360 g/mol. The summed E-state index contributed by atoms with van der Waals surface area (Å²) in [6.07, 6.45) is 0.809. The van der Waals surface area contributed by atoms with Gasteiger partial charge in [-0.2, -0.15) is 0 Å². The van der Waals surface area contributed by atoms with Gasteiger partial charge in [0.1, 0.15) is 0 Å². The van der Waals surface area contributed by atoms with Crippen LogP contribution in [-0.2, 0) is 22.4 Å². The highest BCUT2D eigenvalue weighted by atomic mass is 16.5. The molecule has 2 aromatic carbocycles. The third kappa shape index (κ3) is 3.46. The Morgan fingerprint density at radius 1 is 1.00 bits per heavy atom. The minimum absolute atomic E-state index is 0.117. The summed E-state index contributed by atoms with van der Waals surface area (Å²) in [4.78, 5) is 12.2. The second-order valence-corrected chi connectivity index (χ2v) is 6.39. The summed E-state index contributed by atoms with van der Waals surface area (Å²) in [6, 6.07) is 7.52. The molecule has 0 spiro atoms. The van der Waals surface area contributed by atoms with E-state index in [1.807, 2.05) is 0 Å². The summed E-state index contributed by atoms with van der Waals surface area (Å²) < 4.78 is 10.2. The van der Waals surface area contributed by atoms with Gasteiger partial charge in [0.15, 0.2) is 23.0 Å². The first kappa shape index (κ1) is 17.7. The summed E-state index contributed by atoms with van der Waals surface area (Å²) in [5.41, 5.74) is 1.42. The monoisotopic (exact) mass is 360 g/mol. The molecule has 1 saturated heterocycles. The molecular formula is C19H20O7. The Labute approximate surface area is 150 Å². The number of phenols is 4. The Morgan fingerprint density at radius 3 is 2.42 bits per heavy atom. The van der Waals surface area contributed by atoms with E-state index in [-0.39, 0.29) is 47.2 Å². The summed E-state index contributed by atoms with van der Waals surface area (Å²) in [6.45, 7) is 0.256. The second kappa shape index (κ2) is 7.03. The van der Waals surface area contributed by atoms with Crippen LogP contribution in [0.2, 0.25) is 0 Å². The number of phenolic OH excluding ortho intramolecular Hbond substituents is 4. The molecule has 7 nitrogen and oxygen atoms in total. The zero-order chi connectivity index (χ0) is 18.8. The first-order chi connectivity index (χ1) is 12.4. The van der Waals surface area contributed by atoms with E-state index in [9.17, 15) is 25.2 Å². The zero-order valence-corrected chi connectivity index (χ0v) is 14.2. The van der Waals surface area contributed by atoms with E-state index in [2.05, 4.69) is 0 Å². The van der Waals surface area contributed by atoms with Crippen molar-refractivity contribution >= 4 is 5.97 Å². The highest BCUT2D eigenvalue weighted by Gasteiger charge is 2.37. The number of aromatic hydroxyl groups is 4. The van der Waals surface area contributed by atoms with Crippen molar-refractivity contribution in [3.63, 3.8) is 0 Å². The number of benzene rings is 2. The van der Waals surface area contributed by atoms with Crippen molar-refractivity contribution in [2.75, 3.05) is 13.7 Å². The molecule has 7 heteroatoms. The lowest BCUT2D eigenvalue weighted by Crippen LogP contribution is -2.20. The van der Waals surface area contributed by atoms with Crippen molar-refractivity contribution < 1.29 is 34.7 Å². The Balaban J connectivity index is 1.80. The van der Waals surface area contributed by atoms with E-state index in [1.165, 1.54) is 25.3 Å². The number of cyclic esters (lactones) is 1. The smallest absolute Gasteiger partial charge is 0.309 e. The molecule has 26 heavy (non-hydrogen) atoms. The number of carbonyl (C=O) groups excluding carboxylic acids is 1. The quantitative estimate of drug-likeness (QED) is 0.476. The predicted molar refractivity (Wildman–Crippen MR) is 91.4 cm³/mol. The first-order valence-corrected chi connectivity index (χ1v) is 8.15. The molecule has 1 fully saturated rings. The molecule has 1 aliphatic heterocycles. The molecule has 0 amide bonds. The third-order valence-corrected chi connectivity index (χ3v) is 4.64. The number of carbonyl (C=O) groups is 1. The van der Waals surface area contributed by atoms with Gasteiger partial charge in [-0.25, -0.2) is 0 Å². The molecule has 4 N–H and O–H groups in total. The number of methoxy groups -OCH3 is 1. The standard InChI is InChI=1S/C19H20O7/c1-25-17-8-11(7-16(22)18(17)23)5-13-12(9-26-19(13)24)4-10-2-3-14(20)15(21)6-10/h2-3,6-8,12-13,20-23H,4-5,9H2,1H3. The molecule has 2 unspecified atom stereocenters. The largest absolute Gasteiger partial charge is 0.504 e. The van der Waals surface area contributed by atoms with Crippen LogP contribution in [0.15, 0.2) is 30.3 Å². The Hall–Kier alpha value is -3.09. The van der Waals surface area contributed by atoms with E-state index in [4.69, 9.17) is 9.47 Å². The van der Waals surface area contributed by atoms with Gasteiger partial charge in [-0.05, 0) is 48.2 Å². The van der Waals surface area contributed by atoms with E-state index in [0.717, 1.165) is 5.56 Å². The normalized spacial score (nSPS) is 19.3. The van der Waals surface area contributed by atoms with Crippen molar-refractivity contribution in [2.45, 2.75) is 12.8 Å². The van der Waals surface area contributed by atoms with Crippen molar-refractivity contribution in [1.29, 1.82) is 0 Å². The number of rotatable bonds is 5. The van der Waals surface area contributed by atoms with Gasteiger partial charge in [0.25, 0.3) is 0 Å². The minimum atomic E-state index is -0.431. The van der Waals surface area contributed by atoms with Crippen LogP contribution in [0.5, 0.6) is 28.7 Å². The lowest BCUT2D eigenvalue weighted by Gasteiger charge is -2.16. The van der Waals surface area contributed by atoms with Gasteiger partial charge in [0, 0.05) is 5.92 Å². The van der Waals surface area contributed by atoms with Gasteiger partial charge in [0.2, 0.25) is 5.75 Å². The van der Waals surface area contributed by atoms with E-state index in [1.54, 1.807) is 12.1 Å². The van der Waals surface area contributed by atoms with Gasteiger partial charge in [-0.1, -0.05) is 6.07 Å². The number of hydrogen-bond acceptors (Lipinski definition) is 7. The average Bonchev–Trinajstić information content (AvgIpc) is 2.94. The maximum Gasteiger partial charge on any atom is 0.309 e. The van der Waals surface area contributed by atoms with Crippen LogP contribution in [0.1, 0.15) is 11.1 Å². The van der Waals surface area contributed by atoms with Crippen molar-refractivity contribution in [3.8, 4) is 28.7 Å².